The van der Waals surface area contributed by atoms with Gasteiger partial charge < -0.3 is 23.7 Å². The van der Waals surface area contributed by atoms with Crippen LogP contribution in [0.4, 0.5) is 0 Å². The van der Waals surface area contributed by atoms with E-state index >= 15 is 0 Å². The highest BCUT2D eigenvalue weighted by atomic mass is 32.2. The van der Waals surface area contributed by atoms with Gasteiger partial charge in [-0.2, -0.15) is 0 Å². The summed E-state index contributed by atoms with van der Waals surface area (Å²) in [7, 11) is 0. The SMILES string of the molecule is CC(C)(C)c1ccc2c(c1)CC[C@@]1(O[C@H](COCc3ccccc3)[C@H](OCc3ccccc3)[C@H](OCc3ccccc3)[C@H]1OCc1ccccc1)S2. The molecule has 2 heterocycles. The van der Waals surface area contributed by atoms with Gasteiger partial charge in [0.2, 0.25) is 0 Å². The van der Waals surface area contributed by atoms with E-state index in [-0.39, 0.29) is 5.41 Å². The standard InChI is InChI=1S/C46H50O5S/c1-45(2,3)39-24-25-41-38(28-39)26-27-46(52-41)44(50-32-37-22-14-7-15-23-37)43(49-31-36-20-12-6-13-21-36)42(48-30-35-18-10-5-11-19-35)40(51-46)33-47-29-34-16-8-4-9-17-34/h4-25,28,40,42-44H,26-27,29-33H2,1-3H3/t40-,42+,43+,44-,46-/m1/s1. The first-order valence-corrected chi connectivity index (χ1v) is 19.3. The van der Waals surface area contributed by atoms with Crippen molar-refractivity contribution in [2.45, 2.75) is 99.7 Å². The quantitative estimate of drug-likeness (QED) is 0.121. The predicted molar refractivity (Wildman–Crippen MR) is 208 cm³/mol. The molecule has 7 rings (SSSR count). The van der Waals surface area contributed by atoms with E-state index in [0.717, 1.165) is 35.1 Å². The lowest BCUT2D eigenvalue weighted by Crippen LogP contribution is -2.66. The van der Waals surface area contributed by atoms with Crippen LogP contribution in [0.3, 0.4) is 0 Å². The third kappa shape index (κ3) is 9.06. The van der Waals surface area contributed by atoms with E-state index in [2.05, 4.69) is 112 Å². The van der Waals surface area contributed by atoms with Crippen LogP contribution in [0.15, 0.2) is 144 Å². The summed E-state index contributed by atoms with van der Waals surface area (Å²) in [5.41, 5.74) is 7.17. The average molecular weight is 715 g/mol. The molecule has 1 spiro atoms. The fourth-order valence-electron chi connectivity index (χ4n) is 7.09. The third-order valence-electron chi connectivity index (χ3n) is 9.96. The number of aryl methyl sites for hydroxylation is 1. The maximum absolute atomic E-state index is 7.40. The van der Waals surface area contributed by atoms with Crippen LogP contribution in [-0.4, -0.2) is 36.0 Å². The van der Waals surface area contributed by atoms with Gasteiger partial charge in [-0.3, -0.25) is 0 Å². The molecule has 0 amide bonds. The van der Waals surface area contributed by atoms with E-state index in [4.69, 9.17) is 23.7 Å². The van der Waals surface area contributed by atoms with Crippen molar-refractivity contribution < 1.29 is 23.7 Å². The molecule has 270 valence electrons. The molecule has 0 unspecified atom stereocenters. The van der Waals surface area contributed by atoms with Crippen LogP contribution in [0.25, 0.3) is 0 Å². The Morgan fingerprint density at radius 3 is 1.65 bits per heavy atom. The van der Waals surface area contributed by atoms with Crippen molar-refractivity contribution in [1.29, 1.82) is 0 Å². The van der Waals surface area contributed by atoms with Gasteiger partial charge in [0.1, 0.15) is 29.3 Å². The van der Waals surface area contributed by atoms with E-state index in [1.54, 1.807) is 11.8 Å². The van der Waals surface area contributed by atoms with Crippen LogP contribution < -0.4 is 0 Å². The highest BCUT2D eigenvalue weighted by Crippen LogP contribution is 2.53. The second kappa shape index (κ2) is 16.9. The highest BCUT2D eigenvalue weighted by Gasteiger charge is 2.58. The number of thioether (sulfide) groups is 1. The monoisotopic (exact) mass is 714 g/mol. The topological polar surface area (TPSA) is 46.2 Å². The molecule has 5 aromatic rings. The molecule has 0 saturated carbocycles. The molecule has 1 saturated heterocycles. The summed E-state index contributed by atoms with van der Waals surface area (Å²) < 4.78 is 34.9. The number of ether oxygens (including phenoxy) is 5. The molecule has 2 aliphatic rings. The molecule has 0 aromatic heterocycles. The second-order valence-electron chi connectivity index (χ2n) is 14.9. The molecule has 5 atom stereocenters. The van der Waals surface area contributed by atoms with E-state index in [1.807, 2.05) is 48.5 Å². The minimum Gasteiger partial charge on any atom is -0.374 e. The predicted octanol–water partition coefficient (Wildman–Crippen LogP) is 10.1. The minimum atomic E-state index is -0.736. The van der Waals surface area contributed by atoms with Gasteiger partial charge in [0.25, 0.3) is 0 Å². The Balaban J connectivity index is 1.26. The van der Waals surface area contributed by atoms with E-state index in [0.29, 0.717) is 33.0 Å². The Kier molecular flexibility index (Phi) is 11.9. The molecule has 2 aliphatic heterocycles. The normalized spacial score (nSPS) is 23.0. The fraction of sp³-hybridized carbons (Fsp3) is 0.348. The van der Waals surface area contributed by atoms with Gasteiger partial charge in [-0.25, -0.2) is 0 Å². The molecule has 5 nitrogen and oxygen atoms in total. The maximum atomic E-state index is 7.40. The van der Waals surface area contributed by atoms with Gasteiger partial charge in [0, 0.05) is 4.90 Å². The first kappa shape index (κ1) is 36.6. The summed E-state index contributed by atoms with van der Waals surface area (Å²) in [5.74, 6) is 0. The van der Waals surface area contributed by atoms with Crippen molar-refractivity contribution in [2.75, 3.05) is 6.61 Å². The lowest BCUT2D eigenvalue weighted by molar-refractivity contribution is -0.284. The molecule has 0 radical (unpaired) electrons. The van der Waals surface area contributed by atoms with Crippen molar-refractivity contribution >= 4 is 11.8 Å². The van der Waals surface area contributed by atoms with Gasteiger partial charge >= 0.3 is 0 Å². The van der Waals surface area contributed by atoms with Gasteiger partial charge in [-0.15, -0.1) is 0 Å². The molecular weight excluding hydrogens is 665 g/mol. The van der Waals surface area contributed by atoms with Crippen molar-refractivity contribution in [3.63, 3.8) is 0 Å². The van der Waals surface area contributed by atoms with Crippen LogP contribution >= 0.6 is 11.8 Å². The van der Waals surface area contributed by atoms with Crippen LogP contribution in [0, 0.1) is 0 Å². The summed E-state index contributed by atoms with van der Waals surface area (Å²) >= 11 is 1.78. The summed E-state index contributed by atoms with van der Waals surface area (Å²) in [6.07, 6.45) is -0.124. The zero-order valence-electron chi connectivity index (χ0n) is 30.5. The molecule has 0 bridgehead atoms. The molecule has 52 heavy (non-hydrogen) atoms. The Hall–Kier alpha value is -3.75. The molecule has 0 N–H and O–H groups in total. The average Bonchev–Trinajstić information content (AvgIpc) is 3.17. The van der Waals surface area contributed by atoms with E-state index in [9.17, 15) is 0 Å². The number of benzene rings is 5. The number of fused-ring (bicyclic) bond motifs is 1. The van der Waals surface area contributed by atoms with Gasteiger partial charge in [-0.05, 0) is 57.7 Å². The lowest BCUT2D eigenvalue weighted by Gasteiger charge is -2.54. The Morgan fingerprint density at radius 2 is 1.12 bits per heavy atom. The van der Waals surface area contributed by atoms with Crippen molar-refractivity contribution in [3.05, 3.63) is 173 Å². The Labute approximate surface area is 313 Å². The first-order valence-electron chi connectivity index (χ1n) is 18.4. The van der Waals surface area contributed by atoms with Crippen LogP contribution in [0.2, 0.25) is 0 Å². The van der Waals surface area contributed by atoms with Crippen molar-refractivity contribution in [2.24, 2.45) is 0 Å². The summed E-state index contributed by atoms with van der Waals surface area (Å²) in [4.78, 5) is 0.488. The molecule has 0 aliphatic carbocycles. The van der Waals surface area contributed by atoms with E-state index in [1.165, 1.54) is 16.0 Å². The van der Waals surface area contributed by atoms with Crippen molar-refractivity contribution in [3.8, 4) is 0 Å². The van der Waals surface area contributed by atoms with Crippen molar-refractivity contribution in [1.82, 2.24) is 0 Å². The zero-order chi connectivity index (χ0) is 35.8. The molecular formula is C46H50O5S. The smallest absolute Gasteiger partial charge is 0.147 e. The first-order chi connectivity index (χ1) is 25.4. The largest absolute Gasteiger partial charge is 0.374 e. The lowest BCUT2D eigenvalue weighted by atomic mass is 9.85. The zero-order valence-corrected chi connectivity index (χ0v) is 31.3. The summed E-state index contributed by atoms with van der Waals surface area (Å²) in [5, 5.41) is 0. The third-order valence-corrected chi connectivity index (χ3v) is 11.5. The molecule has 6 heteroatoms. The summed E-state index contributed by atoms with van der Waals surface area (Å²) in [6, 6.07) is 48.2. The summed E-state index contributed by atoms with van der Waals surface area (Å²) in [6.45, 7) is 8.91. The highest BCUT2D eigenvalue weighted by molar-refractivity contribution is 8.00. The number of hydrogen-bond donors (Lipinski definition) is 0. The van der Waals surface area contributed by atoms with E-state index < -0.39 is 29.3 Å². The molecule has 5 aromatic carbocycles. The second-order valence-corrected chi connectivity index (χ2v) is 16.2. The van der Waals surface area contributed by atoms with Gasteiger partial charge in [-0.1, -0.05) is 166 Å². The molecule has 1 fully saturated rings. The number of rotatable bonds is 13. The fourth-order valence-corrected chi connectivity index (χ4v) is 8.59. The number of hydrogen-bond acceptors (Lipinski definition) is 6. The maximum Gasteiger partial charge on any atom is 0.147 e. The van der Waals surface area contributed by atoms with Gasteiger partial charge in [0.05, 0.1) is 33.0 Å². The van der Waals surface area contributed by atoms with Crippen LogP contribution in [-0.2, 0) is 61.9 Å². The van der Waals surface area contributed by atoms with Crippen LogP contribution in [0.5, 0.6) is 0 Å². The van der Waals surface area contributed by atoms with Gasteiger partial charge in [0.15, 0.2) is 0 Å². The Bertz CT molecular complexity index is 1830. The van der Waals surface area contributed by atoms with Crippen LogP contribution in [0.1, 0.15) is 60.6 Å². The Morgan fingerprint density at radius 1 is 0.615 bits per heavy atom. The minimum absolute atomic E-state index is 0.0678.